The number of hydrogen-bond acceptors (Lipinski definition) is 6. The summed E-state index contributed by atoms with van der Waals surface area (Å²) < 4.78 is 12.7. The lowest BCUT2D eigenvalue weighted by Crippen LogP contribution is -2.09. The number of aromatic nitrogens is 2. The molecule has 2 heterocycles. The molecule has 0 aliphatic rings. The smallest absolute Gasteiger partial charge is 0.265 e. The minimum absolute atomic E-state index is 0.151. The summed E-state index contributed by atoms with van der Waals surface area (Å²) in [5.74, 6) is 0.285. The molecule has 0 fully saturated rings. The van der Waals surface area contributed by atoms with Gasteiger partial charge < -0.3 is 10.6 Å². The molecule has 32 heavy (non-hydrogen) atoms. The summed E-state index contributed by atoms with van der Waals surface area (Å²) in [7, 11) is -1.07. The van der Waals surface area contributed by atoms with E-state index < -0.39 is 10.8 Å². The first-order chi connectivity index (χ1) is 15.6. The van der Waals surface area contributed by atoms with Crippen molar-refractivity contribution in [2.24, 2.45) is 0 Å². The molecule has 2 aromatic heterocycles. The van der Waals surface area contributed by atoms with Crippen molar-refractivity contribution < 1.29 is 9.00 Å². The fraction of sp³-hybridized carbons (Fsp3) is 0.0417. The highest BCUT2D eigenvalue weighted by atomic mass is 32.2. The number of carbonyl (C=O) groups excluding carboxylic acids is 1. The molecule has 6 nitrogen and oxygen atoms in total. The van der Waals surface area contributed by atoms with Crippen LogP contribution in [0.25, 0.3) is 21.0 Å². The van der Waals surface area contributed by atoms with Crippen LogP contribution in [-0.4, -0.2) is 26.3 Å². The number of rotatable bonds is 5. The van der Waals surface area contributed by atoms with E-state index in [4.69, 9.17) is 4.98 Å². The van der Waals surface area contributed by atoms with Gasteiger partial charge in [-0.25, -0.2) is 9.97 Å². The summed E-state index contributed by atoms with van der Waals surface area (Å²) in [6.07, 6.45) is 3.40. The lowest BCUT2D eigenvalue weighted by molar-refractivity contribution is 0.103. The van der Waals surface area contributed by atoms with Gasteiger partial charge in [0.15, 0.2) is 0 Å². The molecule has 5 rings (SSSR count). The quantitative estimate of drug-likeness (QED) is 0.359. The largest absolute Gasteiger partial charge is 0.324 e. The van der Waals surface area contributed by atoms with Crippen LogP contribution in [0.5, 0.6) is 0 Å². The van der Waals surface area contributed by atoms with Gasteiger partial charge in [-0.15, -0.1) is 11.3 Å². The SMILES string of the molecule is CS(=O)c1cccc(Nc2ncc3ccc4sc(C(=O)Nc5ccccc5)cc4c3n2)c1. The maximum Gasteiger partial charge on any atom is 0.265 e. The summed E-state index contributed by atoms with van der Waals surface area (Å²) in [6.45, 7) is 0. The number of nitrogens with one attached hydrogen (secondary N) is 2. The molecule has 0 saturated heterocycles. The minimum atomic E-state index is -1.07. The maximum atomic E-state index is 12.7. The molecular formula is C24H18N4O2S2. The maximum absolute atomic E-state index is 12.7. The molecule has 0 radical (unpaired) electrons. The Kier molecular flexibility index (Phi) is 5.38. The van der Waals surface area contributed by atoms with Crippen LogP contribution in [0, 0.1) is 0 Å². The van der Waals surface area contributed by atoms with Crippen molar-refractivity contribution in [1.82, 2.24) is 9.97 Å². The van der Waals surface area contributed by atoms with Crippen molar-refractivity contribution in [3.8, 4) is 0 Å². The van der Waals surface area contributed by atoms with Crippen molar-refractivity contribution in [3.63, 3.8) is 0 Å². The second kappa shape index (κ2) is 8.49. The van der Waals surface area contributed by atoms with Gasteiger partial charge in [-0.1, -0.05) is 24.3 Å². The van der Waals surface area contributed by atoms with Crippen molar-refractivity contribution in [1.29, 1.82) is 0 Å². The van der Waals surface area contributed by atoms with E-state index in [0.717, 1.165) is 37.3 Å². The molecule has 1 amide bonds. The molecule has 1 unspecified atom stereocenters. The van der Waals surface area contributed by atoms with Crippen molar-refractivity contribution in [3.05, 3.63) is 83.9 Å². The Morgan fingerprint density at radius 3 is 2.59 bits per heavy atom. The fourth-order valence-electron chi connectivity index (χ4n) is 3.38. The lowest BCUT2D eigenvalue weighted by Gasteiger charge is -2.07. The first-order valence-corrected chi connectivity index (χ1v) is 12.2. The summed E-state index contributed by atoms with van der Waals surface area (Å²) in [5, 5.41) is 7.90. The Labute approximate surface area is 190 Å². The van der Waals surface area contributed by atoms with Crippen LogP contribution in [0.15, 0.2) is 83.9 Å². The zero-order chi connectivity index (χ0) is 22.1. The van der Waals surface area contributed by atoms with Gasteiger partial charge in [0.1, 0.15) is 0 Å². The number of benzene rings is 3. The average Bonchev–Trinajstić information content (AvgIpc) is 3.25. The molecule has 5 aromatic rings. The molecular weight excluding hydrogens is 440 g/mol. The first kappa shape index (κ1) is 20.3. The number of amides is 1. The van der Waals surface area contributed by atoms with Gasteiger partial charge in [-0.05, 0) is 48.5 Å². The summed E-state index contributed by atoms with van der Waals surface area (Å²) in [5.41, 5.74) is 2.28. The Morgan fingerprint density at radius 2 is 1.78 bits per heavy atom. The fourth-order valence-corrected chi connectivity index (χ4v) is 4.90. The van der Waals surface area contributed by atoms with Gasteiger partial charge in [-0.3, -0.25) is 9.00 Å². The predicted molar refractivity (Wildman–Crippen MR) is 131 cm³/mol. The van der Waals surface area contributed by atoms with E-state index >= 15 is 0 Å². The van der Waals surface area contributed by atoms with Gasteiger partial charge in [0.05, 0.1) is 10.4 Å². The predicted octanol–water partition coefficient (Wildman–Crippen LogP) is 5.58. The Morgan fingerprint density at radius 1 is 0.969 bits per heavy atom. The number of thiophene rings is 1. The molecule has 0 bridgehead atoms. The van der Waals surface area contributed by atoms with Crippen molar-refractivity contribution in [2.45, 2.75) is 4.90 Å². The molecule has 0 saturated carbocycles. The van der Waals surface area contributed by atoms with E-state index in [2.05, 4.69) is 15.6 Å². The molecule has 0 spiro atoms. The topological polar surface area (TPSA) is 84.0 Å². The van der Waals surface area contributed by atoms with Crippen LogP contribution in [0.4, 0.5) is 17.3 Å². The third-order valence-corrected chi connectivity index (χ3v) is 6.94. The third kappa shape index (κ3) is 4.10. The van der Waals surface area contributed by atoms with Crippen molar-refractivity contribution >= 4 is 66.4 Å². The normalized spacial score (nSPS) is 12.0. The minimum Gasteiger partial charge on any atom is -0.324 e. The van der Waals surface area contributed by atoms with Crippen LogP contribution in [0.3, 0.4) is 0 Å². The van der Waals surface area contributed by atoms with Crippen LogP contribution < -0.4 is 10.6 Å². The molecule has 1 atom stereocenters. The van der Waals surface area contributed by atoms with E-state index in [1.165, 1.54) is 11.3 Å². The number of anilines is 3. The highest BCUT2D eigenvalue weighted by Gasteiger charge is 2.14. The van der Waals surface area contributed by atoms with Gasteiger partial charge in [0.25, 0.3) is 5.91 Å². The number of nitrogens with zero attached hydrogens (tertiary/aromatic N) is 2. The van der Waals surface area contributed by atoms with Gasteiger partial charge in [0.2, 0.25) is 5.95 Å². The zero-order valence-electron chi connectivity index (χ0n) is 17.0. The Hall–Kier alpha value is -3.62. The van der Waals surface area contributed by atoms with Crippen LogP contribution in [0.2, 0.25) is 0 Å². The van der Waals surface area contributed by atoms with E-state index in [-0.39, 0.29) is 5.91 Å². The number of carbonyl (C=O) groups is 1. The second-order valence-electron chi connectivity index (χ2n) is 7.15. The van der Waals surface area contributed by atoms with Gasteiger partial charge in [0, 0.05) is 55.0 Å². The highest BCUT2D eigenvalue weighted by molar-refractivity contribution is 7.84. The van der Waals surface area contributed by atoms with E-state index in [0.29, 0.717) is 10.8 Å². The lowest BCUT2D eigenvalue weighted by atomic mass is 10.2. The van der Waals surface area contributed by atoms with Crippen LogP contribution in [0.1, 0.15) is 9.67 Å². The highest BCUT2D eigenvalue weighted by Crippen LogP contribution is 2.32. The van der Waals surface area contributed by atoms with Gasteiger partial charge >= 0.3 is 0 Å². The van der Waals surface area contributed by atoms with Crippen molar-refractivity contribution in [2.75, 3.05) is 16.9 Å². The molecule has 8 heteroatoms. The Bertz CT molecular complexity index is 1480. The summed E-state index contributed by atoms with van der Waals surface area (Å²) in [6, 6.07) is 22.6. The summed E-state index contributed by atoms with van der Waals surface area (Å²) in [4.78, 5) is 23.2. The Balaban J connectivity index is 1.49. The molecule has 0 aliphatic carbocycles. The van der Waals surface area contributed by atoms with Crippen LogP contribution in [-0.2, 0) is 10.8 Å². The van der Waals surface area contributed by atoms with Gasteiger partial charge in [-0.2, -0.15) is 0 Å². The van der Waals surface area contributed by atoms with E-state index in [1.54, 1.807) is 12.5 Å². The number of hydrogen-bond donors (Lipinski definition) is 2. The molecule has 2 N–H and O–H groups in total. The number of para-hydroxylation sites is 1. The van der Waals surface area contributed by atoms with E-state index in [1.807, 2.05) is 72.8 Å². The first-order valence-electron chi connectivity index (χ1n) is 9.83. The molecule has 0 aliphatic heterocycles. The van der Waals surface area contributed by atoms with E-state index in [9.17, 15) is 9.00 Å². The molecule has 158 valence electrons. The monoisotopic (exact) mass is 458 g/mol. The summed E-state index contributed by atoms with van der Waals surface area (Å²) >= 11 is 1.43. The number of fused-ring (bicyclic) bond motifs is 3. The second-order valence-corrected chi connectivity index (χ2v) is 9.61. The third-order valence-electron chi connectivity index (χ3n) is 4.92. The van der Waals surface area contributed by atoms with Crippen LogP contribution >= 0.6 is 11.3 Å². The molecule has 3 aromatic carbocycles. The average molecular weight is 459 g/mol. The zero-order valence-corrected chi connectivity index (χ0v) is 18.7. The standard InChI is InChI=1S/C24H18N4O2S2/c1-32(30)18-9-5-8-17(12-18)27-24-25-14-15-10-11-20-19(22(15)28-24)13-21(31-20)23(29)26-16-6-3-2-4-7-16/h2-14H,1H3,(H,26,29)(H,25,27,28).